The Labute approximate surface area is 351 Å². The van der Waals surface area contributed by atoms with Crippen molar-refractivity contribution in [3.8, 4) is 62.2 Å². The summed E-state index contributed by atoms with van der Waals surface area (Å²) < 4.78 is 2.41. The largest absolute Gasteiger partial charge is 0.309 e. The molecule has 0 N–H and O–H groups in total. The van der Waals surface area contributed by atoms with Crippen LogP contribution in [0.1, 0.15) is 0 Å². The predicted molar refractivity (Wildman–Crippen MR) is 252 cm³/mol. The summed E-state index contributed by atoms with van der Waals surface area (Å²) in [5.41, 5.74) is 11.6. The second-order valence-corrected chi connectivity index (χ2v) is 15.4. The maximum Gasteiger partial charge on any atom is 0.164 e. The molecule has 61 heavy (non-hydrogen) atoms. The van der Waals surface area contributed by atoms with E-state index in [1.807, 2.05) is 60.7 Å². The molecular formula is C56H35N5. The first kappa shape index (κ1) is 34.7. The van der Waals surface area contributed by atoms with Crippen molar-refractivity contribution in [1.82, 2.24) is 24.5 Å². The Morgan fingerprint density at radius 1 is 0.295 bits per heavy atom. The molecule has 3 aromatic heterocycles. The molecule has 5 heteroatoms. The van der Waals surface area contributed by atoms with Gasteiger partial charge in [0.25, 0.3) is 0 Å². The molecule has 9 aromatic carbocycles. The van der Waals surface area contributed by atoms with Gasteiger partial charge in [-0.25, -0.2) is 19.9 Å². The molecule has 0 aliphatic heterocycles. The van der Waals surface area contributed by atoms with Crippen LogP contribution in [0.15, 0.2) is 212 Å². The Balaban J connectivity index is 1.14. The molecule has 0 bridgehead atoms. The zero-order valence-electron chi connectivity index (χ0n) is 32.9. The van der Waals surface area contributed by atoms with Crippen LogP contribution in [0.25, 0.3) is 116 Å². The van der Waals surface area contributed by atoms with Crippen LogP contribution < -0.4 is 0 Å². The van der Waals surface area contributed by atoms with Gasteiger partial charge in [-0.1, -0.05) is 170 Å². The Morgan fingerprint density at radius 2 is 0.836 bits per heavy atom. The molecule has 0 saturated heterocycles. The van der Waals surface area contributed by atoms with Crippen molar-refractivity contribution in [2.75, 3.05) is 0 Å². The van der Waals surface area contributed by atoms with E-state index in [0.717, 1.165) is 82.9 Å². The molecule has 12 aromatic rings. The Kier molecular flexibility index (Phi) is 8.10. The Bertz CT molecular complexity index is 3560. The number of rotatable bonds is 6. The molecule has 0 aliphatic rings. The lowest BCUT2D eigenvalue weighted by molar-refractivity contribution is 1.08. The monoisotopic (exact) mass is 777 g/mol. The number of para-hydroxylation sites is 2. The van der Waals surface area contributed by atoms with E-state index in [-0.39, 0.29) is 0 Å². The third kappa shape index (κ3) is 5.78. The lowest BCUT2D eigenvalue weighted by atomic mass is 9.91. The molecule has 0 radical (unpaired) electrons. The molecule has 0 spiro atoms. The minimum Gasteiger partial charge on any atom is -0.309 e. The topological polar surface area (TPSA) is 56.5 Å². The summed E-state index contributed by atoms with van der Waals surface area (Å²) in [6, 6.07) is 74.6. The lowest BCUT2D eigenvalue weighted by Crippen LogP contribution is -2.00. The summed E-state index contributed by atoms with van der Waals surface area (Å²) >= 11 is 0. The van der Waals surface area contributed by atoms with Crippen LogP contribution in [-0.2, 0) is 0 Å². The fraction of sp³-hybridized carbons (Fsp3) is 0. The molecule has 0 amide bonds. The van der Waals surface area contributed by atoms with Crippen molar-refractivity contribution in [3.63, 3.8) is 0 Å². The van der Waals surface area contributed by atoms with Crippen LogP contribution in [0.3, 0.4) is 0 Å². The van der Waals surface area contributed by atoms with Crippen LogP contribution in [-0.4, -0.2) is 24.5 Å². The van der Waals surface area contributed by atoms with Crippen LogP contribution >= 0.6 is 0 Å². The second-order valence-electron chi connectivity index (χ2n) is 15.4. The second kappa shape index (κ2) is 14.2. The van der Waals surface area contributed by atoms with Crippen molar-refractivity contribution < 1.29 is 0 Å². The van der Waals surface area contributed by atoms with E-state index in [0.29, 0.717) is 17.5 Å². The van der Waals surface area contributed by atoms with E-state index in [9.17, 15) is 0 Å². The van der Waals surface area contributed by atoms with E-state index in [1.54, 1.807) is 0 Å². The average Bonchev–Trinajstić information content (AvgIpc) is 3.67. The van der Waals surface area contributed by atoms with Gasteiger partial charge in [-0.3, -0.25) is 0 Å². The smallest absolute Gasteiger partial charge is 0.164 e. The SMILES string of the molecule is c1ccc(-c2nc(-c3ccccc3)nc(-c3ccc(-c4cccc5c4c4cc6c(cc4n5-c4ccccc4)c(-c4ccccc4)nc4ccccc46)c4ccccc34)n2)cc1. The van der Waals surface area contributed by atoms with Gasteiger partial charge in [0.15, 0.2) is 17.5 Å². The number of fused-ring (bicyclic) bond motifs is 7. The summed E-state index contributed by atoms with van der Waals surface area (Å²) in [5.74, 6) is 1.92. The summed E-state index contributed by atoms with van der Waals surface area (Å²) in [4.78, 5) is 20.5. The highest BCUT2D eigenvalue weighted by atomic mass is 15.0. The number of benzene rings is 9. The molecule has 3 heterocycles. The zero-order valence-corrected chi connectivity index (χ0v) is 32.9. The first-order valence-electron chi connectivity index (χ1n) is 20.6. The maximum absolute atomic E-state index is 5.29. The van der Waals surface area contributed by atoms with Gasteiger partial charge in [-0.2, -0.15) is 0 Å². The molecule has 0 aliphatic carbocycles. The first-order valence-corrected chi connectivity index (χ1v) is 20.6. The van der Waals surface area contributed by atoms with Gasteiger partial charge in [0.2, 0.25) is 0 Å². The van der Waals surface area contributed by atoms with Gasteiger partial charge in [-0.05, 0) is 69.8 Å². The third-order valence-corrected chi connectivity index (χ3v) is 11.8. The highest BCUT2D eigenvalue weighted by Crippen LogP contribution is 2.45. The highest BCUT2D eigenvalue weighted by Gasteiger charge is 2.22. The van der Waals surface area contributed by atoms with Gasteiger partial charge >= 0.3 is 0 Å². The van der Waals surface area contributed by atoms with Gasteiger partial charge in [0.05, 0.1) is 22.2 Å². The number of aromatic nitrogens is 5. The summed E-state index contributed by atoms with van der Waals surface area (Å²) in [6.07, 6.45) is 0. The van der Waals surface area contributed by atoms with E-state index in [4.69, 9.17) is 19.9 Å². The van der Waals surface area contributed by atoms with Crippen molar-refractivity contribution in [3.05, 3.63) is 212 Å². The fourth-order valence-corrected chi connectivity index (χ4v) is 9.06. The highest BCUT2D eigenvalue weighted by molar-refractivity contribution is 6.24. The van der Waals surface area contributed by atoms with Gasteiger partial charge < -0.3 is 4.57 Å². The van der Waals surface area contributed by atoms with Crippen molar-refractivity contribution in [2.24, 2.45) is 0 Å². The molecule has 0 unspecified atom stereocenters. The fourth-order valence-electron chi connectivity index (χ4n) is 9.06. The molecule has 5 nitrogen and oxygen atoms in total. The van der Waals surface area contributed by atoms with E-state index >= 15 is 0 Å². The van der Waals surface area contributed by atoms with Crippen molar-refractivity contribution >= 4 is 54.3 Å². The molecule has 0 saturated carbocycles. The Hall–Kier alpha value is -8.28. The number of hydrogen-bond acceptors (Lipinski definition) is 4. The predicted octanol–water partition coefficient (Wildman–Crippen LogP) is 14.2. The van der Waals surface area contributed by atoms with Gasteiger partial charge in [0, 0.05) is 49.5 Å². The summed E-state index contributed by atoms with van der Waals surface area (Å²) in [6.45, 7) is 0. The van der Waals surface area contributed by atoms with Crippen LogP contribution in [0.2, 0.25) is 0 Å². The van der Waals surface area contributed by atoms with Gasteiger partial charge in [-0.15, -0.1) is 0 Å². The molecule has 0 fully saturated rings. The van der Waals surface area contributed by atoms with E-state index in [2.05, 4.69) is 156 Å². The van der Waals surface area contributed by atoms with Crippen LogP contribution in [0, 0.1) is 0 Å². The first-order chi connectivity index (χ1) is 30.3. The normalized spacial score (nSPS) is 11.6. The molecule has 12 rings (SSSR count). The molecular weight excluding hydrogens is 743 g/mol. The minimum absolute atomic E-state index is 0.635. The third-order valence-electron chi connectivity index (χ3n) is 11.8. The number of pyridine rings is 1. The molecule has 284 valence electrons. The zero-order chi connectivity index (χ0) is 40.3. The summed E-state index contributed by atoms with van der Waals surface area (Å²) in [5, 5.41) is 8.01. The van der Waals surface area contributed by atoms with Crippen LogP contribution in [0.4, 0.5) is 0 Å². The van der Waals surface area contributed by atoms with Crippen LogP contribution in [0.5, 0.6) is 0 Å². The summed E-state index contributed by atoms with van der Waals surface area (Å²) in [7, 11) is 0. The molecule has 0 atom stereocenters. The minimum atomic E-state index is 0.635. The number of hydrogen-bond donors (Lipinski definition) is 0. The quantitative estimate of drug-likeness (QED) is 0.158. The van der Waals surface area contributed by atoms with E-state index < -0.39 is 0 Å². The maximum atomic E-state index is 5.29. The lowest BCUT2D eigenvalue weighted by Gasteiger charge is -2.14. The van der Waals surface area contributed by atoms with Gasteiger partial charge in [0.1, 0.15) is 0 Å². The Morgan fingerprint density at radius 3 is 1.51 bits per heavy atom. The standard InChI is InChI=1S/C56H35N5/c1-5-18-36(19-6-1)53-47-35-51-48(34-46(47)43-28-15-16-30-49(43)57-53)52-44(29-17-31-50(52)61(51)39-24-11-4-12-25-39)42-32-33-45(41-27-14-13-26-40(41)42)56-59-54(37-20-7-2-8-21-37)58-55(60-56)38-22-9-3-10-23-38/h1-35H. The average molecular weight is 778 g/mol. The number of nitrogens with zero attached hydrogens (tertiary/aromatic N) is 5. The van der Waals surface area contributed by atoms with E-state index in [1.165, 1.54) is 16.2 Å². The van der Waals surface area contributed by atoms with Crippen molar-refractivity contribution in [1.29, 1.82) is 0 Å². The van der Waals surface area contributed by atoms with Crippen molar-refractivity contribution in [2.45, 2.75) is 0 Å².